The third-order valence-corrected chi connectivity index (χ3v) is 9.01. The number of aromatic amines is 1. The second kappa shape index (κ2) is 11.9. The van der Waals surface area contributed by atoms with Crippen LogP contribution in [0.5, 0.6) is 0 Å². The van der Waals surface area contributed by atoms with Crippen LogP contribution in [0.3, 0.4) is 0 Å². The van der Waals surface area contributed by atoms with E-state index in [0.29, 0.717) is 5.04 Å². The molecule has 1 unspecified atom stereocenters. The van der Waals surface area contributed by atoms with Crippen molar-refractivity contribution >= 4 is 19.7 Å². The molecule has 1 aromatic heterocycles. The van der Waals surface area contributed by atoms with Crippen LogP contribution in [0.15, 0.2) is 34.9 Å². The van der Waals surface area contributed by atoms with Gasteiger partial charge in [0.25, 0.3) is 0 Å². The van der Waals surface area contributed by atoms with Gasteiger partial charge in [-0.3, -0.25) is 6.08 Å². The van der Waals surface area contributed by atoms with E-state index in [1.54, 1.807) is 5.57 Å². The molecule has 175 valence electrons. The zero-order valence-corrected chi connectivity index (χ0v) is 26.1. The Morgan fingerprint density at radius 1 is 0.906 bits per heavy atom. The van der Waals surface area contributed by atoms with Crippen LogP contribution < -0.4 is 24.8 Å². The molecule has 0 saturated carbocycles. The van der Waals surface area contributed by atoms with Crippen molar-refractivity contribution < 1.29 is 46.5 Å². The van der Waals surface area contributed by atoms with Crippen LogP contribution in [0.25, 0.3) is 10.9 Å². The van der Waals surface area contributed by atoms with Crippen LogP contribution in [-0.2, 0) is 32.5 Å². The van der Waals surface area contributed by atoms with Gasteiger partial charge in [0.1, 0.15) is 0 Å². The van der Waals surface area contributed by atoms with Gasteiger partial charge < -0.3 is 29.8 Å². The molecule has 0 spiro atoms. The Bertz CT molecular complexity index is 958. The molecule has 0 aliphatic heterocycles. The van der Waals surface area contributed by atoms with Crippen LogP contribution in [0.1, 0.15) is 80.4 Å². The zero-order chi connectivity index (χ0) is 22.4. The number of allylic oxidation sites excluding steroid dienone is 4. The molecule has 32 heavy (non-hydrogen) atoms. The maximum atomic E-state index is 3.62. The molecule has 1 N–H and O–H groups in total. The minimum atomic E-state index is -0.314. The van der Waals surface area contributed by atoms with E-state index in [9.17, 15) is 0 Å². The third kappa shape index (κ3) is 6.89. The molecule has 1 heterocycles. The summed E-state index contributed by atoms with van der Waals surface area (Å²) in [7, 11) is -0.314. The first-order valence-corrected chi connectivity index (χ1v) is 13.2. The van der Waals surface area contributed by atoms with E-state index in [-0.39, 0.29) is 66.2 Å². The van der Waals surface area contributed by atoms with Crippen LogP contribution in [0.4, 0.5) is 0 Å². The maximum Gasteiger partial charge on any atom is 4.00 e. The summed E-state index contributed by atoms with van der Waals surface area (Å²) in [5.74, 6) is 0. The van der Waals surface area contributed by atoms with E-state index in [1.807, 2.05) is 0 Å². The van der Waals surface area contributed by atoms with E-state index in [2.05, 4.69) is 118 Å². The Kier molecular flexibility index (Phi) is 12.7. The monoisotopic (exact) mass is 524 g/mol. The van der Waals surface area contributed by atoms with Gasteiger partial charge in [0.15, 0.2) is 0 Å². The minimum absolute atomic E-state index is 0. The van der Waals surface area contributed by atoms with Crippen LogP contribution in [0, 0.1) is 12.3 Å². The van der Waals surface area contributed by atoms with E-state index in [1.165, 1.54) is 33.2 Å². The normalized spacial score (nSPS) is 18.3. The van der Waals surface area contributed by atoms with Crippen molar-refractivity contribution in [3.63, 3.8) is 0 Å². The van der Waals surface area contributed by atoms with Crippen molar-refractivity contribution in [1.29, 1.82) is 0 Å². The van der Waals surface area contributed by atoms with Crippen molar-refractivity contribution in [2.75, 3.05) is 0 Å². The van der Waals surface area contributed by atoms with Gasteiger partial charge in [0.05, 0.1) is 0 Å². The quantitative estimate of drug-likeness (QED) is 0.434. The second-order valence-electron chi connectivity index (χ2n) is 11.0. The smallest absolute Gasteiger partial charge is 1.00 e. The molecule has 2 aromatic rings. The fourth-order valence-corrected chi connectivity index (χ4v) is 5.40. The van der Waals surface area contributed by atoms with Gasteiger partial charge in [-0.1, -0.05) is 98.1 Å². The minimum Gasteiger partial charge on any atom is -1.00 e. The Morgan fingerprint density at radius 2 is 1.44 bits per heavy atom. The first kappa shape index (κ1) is 33.9. The molecule has 1 atom stereocenters. The number of fused-ring (bicyclic) bond motifs is 1. The molecule has 0 fully saturated rings. The number of rotatable bonds is 1. The van der Waals surface area contributed by atoms with Crippen LogP contribution in [0.2, 0.25) is 18.1 Å². The van der Waals surface area contributed by atoms with Gasteiger partial charge in [-0.25, -0.2) is 5.57 Å². The molecule has 0 amide bonds. The van der Waals surface area contributed by atoms with Gasteiger partial charge in [-0.05, 0) is 10.8 Å². The van der Waals surface area contributed by atoms with Crippen molar-refractivity contribution in [1.82, 2.24) is 4.98 Å². The van der Waals surface area contributed by atoms with Crippen molar-refractivity contribution in [3.05, 3.63) is 58.3 Å². The number of benzene rings is 1. The van der Waals surface area contributed by atoms with Crippen LogP contribution >= 0.6 is 0 Å². The van der Waals surface area contributed by atoms with Crippen molar-refractivity contribution in [3.8, 4) is 0 Å². The average molecular weight is 525 g/mol. The summed E-state index contributed by atoms with van der Waals surface area (Å²) in [6.45, 7) is 27.2. The first-order valence-electron chi connectivity index (χ1n) is 10.7. The number of halogens is 2. The van der Waals surface area contributed by atoms with E-state index >= 15 is 0 Å². The Morgan fingerprint density at radius 3 is 1.78 bits per heavy atom. The van der Waals surface area contributed by atoms with Gasteiger partial charge in [-0.15, -0.1) is 35.7 Å². The summed E-state index contributed by atoms with van der Waals surface area (Å²) in [6, 6.07) is 6.50. The fourth-order valence-electron chi connectivity index (χ4n) is 4.02. The molecule has 0 saturated heterocycles. The fraction of sp³-hybridized carbons (Fsp3) is 0.556. The molecule has 1 aliphatic rings. The summed E-state index contributed by atoms with van der Waals surface area (Å²) in [5, 5.41) is 1.64. The number of aromatic nitrogens is 1. The van der Waals surface area contributed by atoms with E-state index < -0.39 is 0 Å². The Balaban J connectivity index is 0. The largest absolute Gasteiger partial charge is 4.00 e. The third-order valence-electron chi connectivity index (χ3n) is 6.51. The summed E-state index contributed by atoms with van der Waals surface area (Å²) in [5.41, 5.74) is 8.54. The maximum absolute atomic E-state index is 3.62. The van der Waals surface area contributed by atoms with Crippen molar-refractivity contribution in [2.45, 2.75) is 98.2 Å². The van der Waals surface area contributed by atoms with Crippen LogP contribution in [-0.4, -0.2) is 13.8 Å². The van der Waals surface area contributed by atoms with Gasteiger partial charge in [-0.2, -0.15) is 11.1 Å². The van der Waals surface area contributed by atoms with Gasteiger partial charge in [0.2, 0.25) is 0 Å². The van der Waals surface area contributed by atoms with E-state index in [4.69, 9.17) is 0 Å². The molecule has 1 aromatic carbocycles. The number of hydrogen-bond acceptors (Lipinski definition) is 0. The first-order chi connectivity index (χ1) is 13.1. The molecular weight excluding hydrogens is 485 g/mol. The molecular formula is C27H40Cl2NSiTi. The second-order valence-corrected chi connectivity index (χ2v) is 14.0. The molecule has 5 heteroatoms. The standard InChI is InChI=1S/C16H22N.C11H18Si.2ClH.Ti/c1-15(2,3)11-8-7-9-13-14(11)12(10-17-13)16(4,5)6;1-8-7-11(4,12(5)6)10(3)9(8)2;;;/h7-9,17H,1-6H3;1-6H3;2*1H;/q2*-1;;;+4/p-2. The molecule has 1 radical (unpaired) electrons. The van der Waals surface area contributed by atoms with Crippen molar-refractivity contribution in [2.24, 2.45) is 0 Å². The Labute approximate surface area is 226 Å². The Hall–Kier alpha value is -0.249. The van der Waals surface area contributed by atoms with Gasteiger partial charge in [0, 0.05) is 8.80 Å². The summed E-state index contributed by atoms with van der Waals surface area (Å²) >= 11 is 0. The molecule has 0 bridgehead atoms. The average Bonchev–Trinajstić information content (AvgIpc) is 3.11. The number of hydrogen-bond donors (Lipinski definition) is 1. The zero-order valence-electron chi connectivity index (χ0n) is 22.0. The summed E-state index contributed by atoms with van der Waals surface area (Å²) in [4.78, 5) is 3.28. The molecule has 1 nitrogen and oxygen atoms in total. The molecule has 1 aliphatic carbocycles. The van der Waals surface area contributed by atoms with Gasteiger partial charge >= 0.3 is 21.7 Å². The summed E-state index contributed by atoms with van der Waals surface area (Å²) in [6.07, 6.45) is 6.96. The van der Waals surface area contributed by atoms with E-state index in [0.717, 1.165) is 0 Å². The molecule has 3 rings (SSSR count). The predicted molar refractivity (Wildman–Crippen MR) is 131 cm³/mol. The number of H-pyrrole nitrogens is 1. The predicted octanol–water partition coefficient (Wildman–Crippen LogP) is 2.17. The topological polar surface area (TPSA) is 15.8 Å². The SMILES string of the molecule is CC(C)(C)c1[c-][nH]c2cccc(C(C)(C)C)c12.CC1=[C-]C(C)([Si](C)C)C(C)=C1C.[Cl-].[Cl-].[Ti+4]. The summed E-state index contributed by atoms with van der Waals surface area (Å²) < 4.78 is 0. The number of nitrogens with one attached hydrogen (secondary N) is 1.